The summed E-state index contributed by atoms with van der Waals surface area (Å²) >= 11 is 0. The Morgan fingerprint density at radius 2 is 2.21 bits per heavy atom. The summed E-state index contributed by atoms with van der Waals surface area (Å²) in [6, 6.07) is 0. The predicted octanol–water partition coefficient (Wildman–Crippen LogP) is -1.48. The Kier molecular flexibility index (Phi) is 6.12. The Labute approximate surface area is 136 Å². The van der Waals surface area contributed by atoms with Crippen LogP contribution >= 0.6 is 8.25 Å². The Hall–Kier alpha value is -1.73. The molecule has 2 unspecified atom stereocenters. The van der Waals surface area contributed by atoms with E-state index in [1.165, 1.54) is 13.1 Å². The Morgan fingerprint density at radius 1 is 1.50 bits per heavy atom. The van der Waals surface area contributed by atoms with Crippen molar-refractivity contribution >= 4 is 8.25 Å². The standard InChI is InChI=1S/C13H17N2O8P/c1-3-4-21-10-9(23-24(19)20)8(6-16)22-12(10)15-5-7(2)11(17)14-13(15)18/h1,5,8-10,12,16,24H,4,6H2,2H3,(H,19,20)(H,14,17,18)/t8-,9?,10+,12-/m1/s1. The highest BCUT2D eigenvalue weighted by Crippen LogP contribution is 2.36. The second-order valence-corrected chi connectivity index (χ2v) is 5.82. The monoisotopic (exact) mass is 360 g/mol. The van der Waals surface area contributed by atoms with Crippen molar-refractivity contribution in [2.24, 2.45) is 0 Å². The molecule has 0 aromatic carbocycles. The number of nitrogens with zero attached hydrogens (tertiary/aromatic N) is 1. The maximum absolute atomic E-state index is 12.0. The van der Waals surface area contributed by atoms with Crippen molar-refractivity contribution in [3.63, 3.8) is 0 Å². The van der Waals surface area contributed by atoms with Crippen LogP contribution in [0, 0.1) is 19.3 Å². The molecule has 11 heteroatoms. The summed E-state index contributed by atoms with van der Waals surface area (Å²) < 4.78 is 28.0. The molecular formula is C13H17N2O8P. The maximum Gasteiger partial charge on any atom is 0.330 e. The molecule has 0 amide bonds. The topological polar surface area (TPSA) is 140 Å². The van der Waals surface area contributed by atoms with Crippen LogP contribution < -0.4 is 11.2 Å². The lowest BCUT2D eigenvalue weighted by Crippen LogP contribution is -2.40. The average Bonchev–Trinajstić information content (AvgIpc) is 2.85. The van der Waals surface area contributed by atoms with Gasteiger partial charge in [-0.3, -0.25) is 18.9 Å². The van der Waals surface area contributed by atoms with Crippen LogP contribution in [0.4, 0.5) is 0 Å². The second-order valence-electron chi connectivity index (χ2n) is 5.05. The van der Waals surface area contributed by atoms with Gasteiger partial charge >= 0.3 is 13.9 Å². The van der Waals surface area contributed by atoms with E-state index in [0.29, 0.717) is 0 Å². The van der Waals surface area contributed by atoms with Gasteiger partial charge in [-0.05, 0) is 6.92 Å². The molecule has 3 N–H and O–H groups in total. The third-order valence-electron chi connectivity index (χ3n) is 3.48. The molecular weight excluding hydrogens is 343 g/mol. The normalized spacial score (nSPS) is 27.8. The van der Waals surface area contributed by atoms with Gasteiger partial charge < -0.3 is 24.0 Å². The van der Waals surface area contributed by atoms with E-state index in [9.17, 15) is 19.3 Å². The second kappa shape index (κ2) is 7.90. The van der Waals surface area contributed by atoms with Gasteiger partial charge in [0.1, 0.15) is 24.9 Å². The van der Waals surface area contributed by atoms with Gasteiger partial charge in [0.05, 0.1) is 6.61 Å². The lowest BCUT2D eigenvalue weighted by atomic mass is 10.1. The van der Waals surface area contributed by atoms with Crippen molar-refractivity contribution < 1.29 is 28.6 Å². The number of aromatic nitrogens is 2. The van der Waals surface area contributed by atoms with Gasteiger partial charge in [-0.2, -0.15) is 0 Å². The molecule has 0 saturated carbocycles. The quantitative estimate of drug-likeness (QED) is 0.412. The van der Waals surface area contributed by atoms with Gasteiger partial charge in [-0.25, -0.2) is 4.79 Å². The molecule has 24 heavy (non-hydrogen) atoms. The number of aliphatic hydroxyl groups excluding tert-OH is 1. The molecule has 0 spiro atoms. The molecule has 0 bridgehead atoms. The number of terminal acetylenes is 1. The number of nitrogens with one attached hydrogen (secondary N) is 1. The summed E-state index contributed by atoms with van der Waals surface area (Å²) in [5.41, 5.74) is -1.07. The molecule has 0 radical (unpaired) electrons. The molecule has 1 saturated heterocycles. The zero-order valence-corrected chi connectivity index (χ0v) is 13.7. The number of rotatable bonds is 6. The van der Waals surface area contributed by atoms with E-state index in [1.807, 2.05) is 0 Å². The molecule has 1 aliphatic rings. The molecule has 132 valence electrons. The van der Waals surface area contributed by atoms with Gasteiger partial charge in [0, 0.05) is 11.8 Å². The fraction of sp³-hybridized carbons (Fsp3) is 0.538. The molecule has 5 atom stereocenters. The zero-order chi connectivity index (χ0) is 17.9. The van der Waals surface area contributed by atoms with Crippen molar-refractivity contribution in [3.8, 4) is 12.3 Å². The van der Waals surface area contributed by atoms with E-state index in [-0.39, 0.29) is 12.2 Å². The summed E-state index contributed by atoms with van der Waals surface area (Å²) in [4.78, 5) is 34.7. The van der Waals surface area contributed by atoms with Crippen LogP contribution in [0.25, 0.3) is 0 Å². The molecule has 1 aliphatic heterocycles. The number of hydrogen-bond acceptors (Lipinski definition) is 7. The van der Waals surface area contributed by atoms with Crippen LogP contribution in [0.2, 0.25) is 0 Å². The summed E-state index contributed by atoms with van der Waals surface area (Å²) in [5.74, 6) is 2.24. The van der Waals surface area contributed by atoms with Crippen LogP contribution in [0.15, 0.2) is 15.8 Å². The van der Waals surface area contributed by atoms with Crippen molar-refractivity contribution in [3.05, 3.63) is 32.6 Å². The lowest BCUT2D eigenvalue weighted by Gasteiger charge is -2.23. The van der Waals surface area contributed by atoms with E-state index in [1.54, 1.807) is 0 Å². The highest BCUT2D eigenvalue weighted by atomic mass is 31.1. The minimum atomic E-state index is -3.36. The summed E-state index contributed by atoms with van der Waals surface area (Å²) in [6.07, 6.45) is 2.13. The first-order chi connectivity index (χ1) is 11.4. The third-order valence-corrected chi connectivity index (χ3v) is 3.96. The van der Waals surface area contributed by atoms with Gasteiger partial charge in [-0.15, -0.1) is 6.42 Å². The van der Waals surface area contributed by atoms with E-state index < -0.39 is 50.7 Å². The van der Waals surface area contributed by atoms with E-state index in [0.717, 1.165) is 4.57 Å². The lowest BCUT2D eigenvalue weighted by molar-refractivity contribution is -0.0677. The largest absolute Gasteiger partial charge is 0.394 e. The number of aryl methyl sites for hydroxylation is 1. The Balaban J connectivity index is 2.45. The van der Waals surface area contributed by atoms with Crippen LogP contribution in [0.1, 0.15) is 11.8 Å². The van der Waals surface area contributed by atoms with Crippen molar-refractivity contribution in [1.82, 2.24) is 9.55 Å². The summed E-state index contributed by atoms with van der Waals surface area (Å²) in [6.45, 7) is 0.778. The molecule has 2 rings (SSSR count). The van der Waals surface area contributed by atoms with E-state index in [4.69, 9.17) is 25.3 Å². The smallest absolute Gasteiger partial charge is 0.330 e. The summed E-state index contributed by atoms with van der Waals surface area (Å²) in [7, 11) is -3.36. The summed E-state index contributed by atoms with van der Waals surface area (Å²) in [5, 5.41) is 9.41. The highest BCUT2D eigenvalue weighted by molar-refractivity contribution is 7.32. The fourth-order valence-corrected chi connectivity index (χ4v) is 2.95. The van der Waals surface area contributed by atoms with Crippen LogP contribution in [0.5, 0.6) is 0 Å². The number of hydrogen-bond donors (Lipinski definition) is 3. The minimum Gasteiger partial charge on any atom is -0.394 e. The molecule has 1 aromatic heterocycles. The maximum atomic E-state index is 12.0. The van der Waals surface area contributed by atoms with Gasteiger partial charge in [0.2, 0.25) is 0 Å². The number of H-pyrrole nitrogens is 1. The molecule has 2 heterocycles. The van der Waals surface area contributed by atoms with Crippen molar-refractivity contribution in [1.29, 1.82) is 0 Å². The molecule has 0 aliphatic carbocycles. The first kappa shape index (κ1) is 18.6. The molecule has 10 nitrogen and oxygen atoms in total. The number of ether oxygens (including phenoxy) is 2. The van der Waals surface area contributed by atoms with E-state index >= 15 is 0 Å². The van der Waals surface area contributed by atoms with Crippen molar-refractivity contribution in [2.45, 2.75) is 31.5 Å². The number of aromatic amines is 1. The van der Waals surface area contributed by atoms with Crippen molar-refractivity contribution in [2.75, 3.05) is 13.2 Å². The average molecular weight is 360 g/mol. The van der Waals surface area contributed by atoms with Gasteiger partial charge in [-0.1, -0.05) is 5.92 Å². The highest BCUT2D eigenvalue weighted by Gasteiger charge is 2.48. The van der Waals surface area contributed by atoms with E-state index in [2.05, 4.69) is 10.9 Å². The van der Waals surface area contributed by atoms with Gasteiger partial charge in [0.15, 0.2) is 6.23 Å². The van der Waals surface area contributed by atoms with Crippen LogP contribution in [-0.2, 0) is 18.6 Å². The number of aliphatic hydroxyl groups is 1. The molecule has 1 aromatic rings. The minimum absolute atomic E-state index is 0.175. The van der Waals surface area contributed by atoms with Crippen LogP contribution in [-0.4, -0.2) is 51.1 Å². The van der Waals surface area contributed by atoms with Crippen LogP contribution in [0.3, 0.4) is 0 Å². The fourth-order valence-electron chi connectivity index (χ4n) is 2.43. The Bertz CT molecular complexity index is 766. The zero-order valence-electron chi connectivity index (χ0n) is 12.7. The first-order valence-corrected chi connectivity index (χ1v) is 8.18. The SMILES string of the molecule is C#CCO[C@H]1C(O[PH](=O)O)[C@@H](CO)O[C@H]1n1cc(C)c(=O)[nH]c1=O. The molecule has 1 fully saturated rings. The third kappa shape index (κ3) is 3.84. The van der Waals surface area contributed by atoms with Gasteiger partial charge in [0.25, 0.3) is 5.56 Å². The first-order valence-electron chi connectivity index (χ1n) is 6.92. The Morgan fingerprint density at radius 3 is 2.79 bits per heavy atom. The predicted molar refractivity (Wildman–Crippen MR) is 81.7 cm³/mol.